The molecule has 0 unspecified atom stereocenters. The van der Waals surface area contributed by atoms with Gasteiger partial charge in [-0.05, 0) is 18.6 Å². The molecule has 0 aliphatic heterocycles. The number of nitrogens with one attached hydrogen (secondary N) is 1. The molecule has 0 saturated carbocycles. The van der Waals surface area contributed by atoms with Crippen molar-refractivity contribution in [2.24, 2.45) is 5.73 Å². The second-order valence-corrected chi connectivity index (χ2v) is 5.24. The van der Waals surface area contributed by atoms with Gasteiger partial charge in [0.25, 0.3) is 0 Å². The van der Waals surface area contributed by atoms with Crippen molar-refractivity contribution in [1.82, 2.24) is 19.9 Å². The van der Waals surface area contributed by atoms with Crippen molar-refractivity contribution in [2.45, 2.75) is 22.9 Å². The SMILES string of the molecule is C[C@H](N)c1ccccc1Sc1ncnc2nc[nH]c12. The molecule has 1 atom stereocenters. The molecule has 0 bridgehead atoms. The first-order valence-electron chi connectivity index (χ1n) is 5.92. The Hall–Kier alpha value is -1.92. The molecule has 0 spiro atoms. The third-order valence-electron chi connectivity index (χ3n) is 2.80. The number of imidazole rings is 1. The van der Waals surface area contributed by atoms with E-state index in [0.29, 0.717) is 5.65 Å². The van der Waals surface area contributed by atoms with Gasteiger partial charge in [-0.15, -0.1) is 0 Å². The number of hydrogen-bond donors (Lipinski definition) is 2. The normalized spacial score (nSPS) is 12.7. The molecule has 3 N–H and O–H groups in total. The Bertz CT molecular complexity index is 707. The molecule has 0 radical (unpaired) electrons. The summed E-state index contributed by atoms with van der Waals surface area (Å²) in [4.78, 5) is 16.7. The molecule has 0 aliphatic rings. The number of benzene rings is 1. The highest BCUT2D eigenvalue weighted by molar-refractivity contribution is 7.99. The van der Waals surface area contributed by atoms with E-state index in [9.17, 15) is 0 Å². The molecular weight excluding hydrogens is 258 g/mol. The van der Waals surface area contributed by atoms with Crippen molar-refractivity contribution in [2.75, 3.05) is 0 Å². The molecule has 96 valence electrons. The predicted octanol–water partition coefficient (Wildman–Crippen LogP) is 2.52. The summed E-state index contributed by atoms with van der Waals surface area (Å²) < 4.78 is 0. The Morgan fingerprint density at radius 2 is 2.05 bits per heavy atom. The van der Waals surface area contributed by atoms with Crippen LogP contribution in [0, 0.1) is 0 Å². The van der Waals surface area contributed by atoms with Gasteiger partial charge < -0.3 is 10.7 Å². The Morgan fingerprint density at radius 3 is 2.89 bits per heavy atom. The first-order valence-corrected chi connectivity index (χ1v) is 6.74. The highest BCUT2D eigenvalue weighted by atomic mass is 32.2. The van der Waals surface area contributed by atoms with Crippen molar-refractivity contribution in [3.8, 4) is 0 Å². The molecule has 6 heteroatoms. The second kappa shape index (κ2) is 4.99. The standard InChI is InChI=1S/C13H13N5S/c1-8(14)9-4-2-3-5-10(9)19-13-11-12(16-6-15-11)17-7-18-13/h2-8H,14H2,1H3,(H,15,16,17,18)/t8-/m0/s1. The second-order valence-electron chi connectivity index (χ2n) is 4.21. The maximum atomic E-state index is 5.99. The molecular formula is C13H13N5S. The highest BCUT2D eigenvalue weighted by Gasteiger charge is 2.11. The van der Waals surface area contributed by atoms with Gasteiger partial charge in [0.1, 0.15) is 16.9 Å². The van der Waals surface area contributed by atoms with Crippen LogP contribution in [0.4, 0.5) is 0 Å². The maximum absolute atomic E-state index is 5.99. The average Bonchev–Trinajstić information content (AvgIpc) is 2.88. The Labute approximate surface area is 114 Å². The van der Waals surface area contributed by atoms with Gasteiger partial charge >= 0.3 is 0 Å². The minimum absolute atomic E-state index is 0.0113. The minimum atomic E-state index is -0.0113. The quantitative estimate of drug-likeness (QED) is 0.715. The van der Waals surface area contributed by atoms with Gasteiger partial charge in [-0.25, -0.2) is 15.0 Å². The summed E-state index contributed by atoms with van der Waals surface area (Å²) in [5, 5.41) is 0.857. The molecule has 3 rings (SSSR count). The fraction of sp³-hybridized carbons (Fsp3) is 0.154. The zero-order chi connectivity index (χ0) is 13.2. The van der Waals surface area contributed by atoms with Gasteiger partial charge in [-0.3, -0.25) is 0 Å². The molecule has 0 aliphatic carbocycles. The maximum Gasteiger partial charge on any atom is 0.181 e. The Balaban J connectivity index is 2.04. The zero-order valence-electron chi connectivity index (χ0n) is 10.4. The summed E-state index contributed by atoms with van der Waals surface area (Å²) in [6, 6.07) is 8.07. The lowest BCUT2D eigenvalue weighted by Gasteiger charge is -2.11. The van der Waals surface area contributed by atoms with Crippen LogP contribution in [0.5, 0.6) is 0 Å². The molecule has 1 aromatic carbocycles. The lowest BCUT2D eigenvalue weighted by molar-refractivity contribution is 0.797. The molecule has 2 heterocycles. The predicted molar refractivity (Wildman–Crippen MR) is 74.9 cm³/mol. The van der Waals surface area contributed by atoms with E-state index < -0.39 is 0 Å². The van der Waals surface area contributed by atoms with E-state index in [4.69, 9.17) is 5.73 Å². The zero-order valence-corrected chi connectivity index (χ0v) is 11.2. The van der Waals surface area contributed by atoms with E-state index in [1.807, 2.05) is 31.2 Å². The topological polar surface area (TPSA) is 80.5 Å². The largest absolute Gasteiger partial charge is 0.341 e. The van der Waals surface area contributed by atoms with Gasteiger partial charge in [-0.2, -0.15) is 0 Å². The molecule has 0 fully saturated rings. The van der Waals surface area contributed by atoms with Gasteiger partial charge in [0.15, 0.2) is 5.65 Å². The number of aromatic amines is 1. The molecule has 2 aromatic heterocycles. The van der Waals surface area contributed by atoms with Crippen LogP contribution in [0.15, 0.2) is 46.8 Å². The third-order valence-corrected chi connectivity index (χ3v) is 3.90. The van der Waals surface area contributed by atoms with E-state index in [-0.39, 0.29) is 6.04 Å². The van der Waals surface area contributed by atoms with Crippen molar-refractivity contribution in [3.05, 3.63) is 42.5 Å². The summed E-state index contributed by atoms with van der Waals surface area (Å²) in [6.07, 6.45) is 3.15. The van der Waals surface area contributed by atoms with E-state index in [2.05, 4.69) is 19.9 Å². The van der Waals surface area contributed by atoms with Crippen molar-refractivity contribution in [3.63, 3.8) is 0 Å². The average molecular weight is 271 g/mol. The number of nitrogens with two attached hydrogens (primary N) is 1. The summed E-state index contributed by atoms with van der Waals surface area (Å²) in [7, 11) is 0. The Kier molecular flexibility index (Phi) is 3.18. The number of rotatable bonds is 3. The minimum Gasteiger partial charge on any atom is -0.341 e. The molecule has 3 aromatic rings. The summed E-state index contributed by atoms with van der Waals surface area (Å²) in [5.74, 6) is 0. The van der Waals surface area contributed by atoms with E-state index in [1.54, 1.807) is 18.1 Å². The fourth-order valence-corrected chi connectivity index (χ4v) is 2.95. The van der Waals surface area contributed by atoms with Crippen LogP contribution < -0.4 is 5.73 Å². The van der Waals surface area contributed by atoms with Crippen LogP contribution in [0.2, 0.25) is 0 Å². The third kappa shape index (κ3) is 2.32. The van der Waals surface area contributed by atoms with Crippen molar-refractivity contribution in [1.29, 1.82) is 0 Å². The number of aromatic nitrogens is 4. The van der Waals surface area contributed by atoms with Gasteiger partial charge in [0, 0.05) is 10.9 Å². The molecule has 19 heavy (non-hydrogen) atoms. The molecule has 5 nitrogen and oxygen atoms in total. The lowest BCUT2D eigenvalue weighted by Crippen LogP contribution is -2.06. The number of nitrogens with zero attached hydrogens (tertiary/aromatic N) is 3. The van der Waals surface area contributed by atoms with Crippen LogP contribution in [-0.4, -0.2) is 19.9 Å². The summed E-state index contributed by atoms with van der Waals surface area (Å²) >= 11 is 1.57. The van der Waals surface area contributed by atoms with Gasteiger partial charge in [-0.1, -0.05) is 30.0 Å². The highest BCUT2D eigenvalue weighted by Crippen LogP contribution is 2.33. The van der Waals surface area contributed by atoms with Gasteiger partial charge in [0.05, 0.1) is 6.33 Å². The van der Waals surface area contributed by atoms with Crippen LogP contribution in [0.25, 0.3) is 11.2 Å². The van der Waals surface area contributed by atoms with Crippen molar-refractivity contribution >= 4 is 22.9 Å². The lowest BCUT2D eigenvalue weighted by atomic mass is 10.1. The number of H-pyrrole nitrogens is 1. The first-order chi connectivity index (χ1) is 9.25. The van der Waals surface area contributed by atoms with Crippen molar-refractivity contribution < 1.29 is 0 Å². The van der Waals surface area contributed by atoms with Crippen LogP contribution in [-0.2, 0) is 0 Å². The van der Waals surface area contributed by atoms with Crippen LogP contribution >= 0.6 is 11.8 Å². The number of hydrogen-bond acceptors (Lipinski definition) is 5. The van der Waals surface area contributed by atoms with E-state index in [0.717, 1.165) is 21.0 Å². The Morgan fingerprint density at radius 1 is 1.21 bits per heavy atom. The van der Waals surface area contributed by atoms with Gasteiger partial charge in [0.2, 0.25) is 0 Å². The summed E-state index contributed by atoms with van der Waals surface area (Å²) in [6.45, 7) is 1.98. The van der Waals surface area contributed by atoms with Crippen LogP contribution in [0.1, 0.15) is 18.5 Å². The number of fused-ring (bicyclic) bond motifs is 1. The van der Waals surface area contributed by atoms with Crippen LogP contribution in [0.3, 0.4) is 0 Å². The van der Waals surface area contributed by atoms with E-state index >= 15 is 0 Å². The first kappa shape index (κ1) is 12.1. The summed E-state index contributed by atoms with van der Waals surface area (Å²) in [5.41, 5.74) is 8.63. The molecule has 0 amide bonds. The monoisotopic (exact) mass is 271 g/mol. The van der Waals surface area contributed by atoms with E-state index in [1.165, 1.54) is 6.33 Å². The fourth-order valence-electron chi connectivity index (χ4n) is 1.87. The molecule has 0 saturated heterocycles. The smallest absolute Gasteiger partial charge is 0.181 e.